The number of nitrogens with one attached hydrogen (secondary N) is 1. The van der Waals surface area contributed by atoms with Gasteiger partial charge in [0.25, 0.3) is 5.91 Å². The molecule has 1 aliphatic heterocycles. The second-order valence-electron chi connectivity index (χ2n) is 7.26. The summed E-state index contributed by atoms with van der Waals surface area (Å²) in [7, 11) is 0. The number of aryl methyl sites for hydroxylation is 1. The molecule has 0 spiro atoms. The van der Waals surface area contributed by atoms with Crippen molar-refractivity contribution < 1.29 is 9.53 Å². The minimum Gasteiger partial charge on any atom is -0.365 e. The second-order valence-corrected chi connectivity index (χ2v) is 7.26. The molecule has 2 unspecified atom stereocenters. The van der Waals surface area contributed by atoms with Gasteiger partial charge in [-0.25, -0.2) is 0 Å². The van der Waals surface area contributed by atoms with Crippen LogP contribution in [0, 0.1) is 6.92 Å². The van der Waals surface area contributed by atoms with Gasteiger partial charge in [0.1, 0.15) is 0 Å². The van der Waals surface area contributed by atoms with Gasteiger partial charge in [-0.2, -0.15) is 0 Å². The predicted molar refractivity (Wildman–Crippen MR) is 102 cm³/mol. The van der Waals surface area contributed by atoms with Crippen LogP contribution in [-0.4, -0.2) is 36.1 Å². The summed E-state index contributed by atoms with van der Waals surface area (Å²) in [6.45, 7) is 4.12. The summed E-state index contributed by atoms with van der Waals surface area (Å²) in [4.78, 5) is 15.5. The molecule has 2 aromatic rings. The van der Waals surface area contributed by atoms with E-state index in [2.05, 4.69) is 41.4 Å². The zero-order valence-electron chi connectivity index (χ0n) is 15.2. The highest BCUT2D eigenvalue weighted by molar-refractivity contribution is 5.82. The average Bonchev–Trinajstić information content (AvgIpc) is 3.52. The van der Waals surface area contributed by atoms with Crippen LogP contribution in [-0.2, 0) is 16.1 Å². The number of hydrogen-bond donors (Lipinski definition) is 1. The van der Waals surface area contributed by atoms with Crippen molar-refractivity contribution in [3.8, 4) is 0 Å². The Hall–Kier alpha value is -2.17. The molecule has 2 aliphatic rings. The number of nitrogens with zero attached hydrogens (tertiary/aromatic N) is 1. The summed E-state index contributed by atoms with van der Waals surface area (Å²) < 4.78 is 5.98. The molecule has 2 atom stereocenters. The van der Waals surface area contributed by atoms with E-state index in [0.717, 1.165) is 17.7 Å². The molecule has 0 bridgehead atoms. The molecule has 4 nitrogen and oxygen atoms in total. The van der Waals surface area contributed by atoms with Crippen molar-refractivity contribution in [2.75, 3.05) is 13.2 Å². The van der Waals surface area contributed by atoms with E-state index in [1.54, 1.807) is 0 Å². The van der Waals surface area contributed by atoms with Gasteiger partial charge in [-0.3, -0.25) is 9.69 Å². The molecule has 1 N–H and O–H groups in total. The number of morpholine rings is 1. The maximum Gasteiger partial charge on any atom is 0.251 e. The van der Waals surface area contributed by atoms with Gasteiger partial charge in [-0.15, -0.1) is 0 Å². The summed E-state index contributed by atoms with van der Waals surface area (Å²) in [5.74, 6) is -0.0209. The van der Waals surface area contributed by atoms with Gasteiger partial charge in [0, 0.05) is 19.1 Å². The van der Waals surface area contributed by atoms with Gasteiger partial charge in [-0.1, -0.05) is 54.6 Å². The van der Waals surface area contributed by atoms with Gasteiger partial charge in [0.15, 0.2) is 6.10 Å². The van der Waals surface area contributed by atoms with Crippen molar-refractivity contribution in [3.63, 3.8) is 0 Å². The van der Waals surface area contributed by atoms with Crippen molar-refractivity contribution in [1.29, 1.82) is 0 Å². The Balaban J connectivity index is 1.52. The van der Waals surface area contributed by atoms with E-state index in [-0.39, 0.29) is 11.9 Å². The summed E-state index contributed by atoms with van der Waals surface area (Å²) in [5, 5.41) is 3.10. The summed E-state index contributed by atoms with van der Waals surface area (Å²) >= 11 is 0. The van der Waals surface area contributed by atoms with E-state index in [9.17, 15) is 4.79 Å². The molecule has 1 amide bonds. The average molecular weight is 350 g/mol. The first-order chi connectivity index (χ1) is 12.7. The van der Waals surface area contributed by atoms with Crippen LogP contribution in [0.15, 0.2) is 54.6 Å². The number of ether oxygens (including phenoxy) is 1. The Morgan fingerprint density at radius 3 is 2.58 bits per heavy atom. The zero-order chi connectivity index (χ0) is 17.9. The maximum atomic E-state index is 13.0. The molecule has 4 heteroatoms. The number of carbonyl (C=O) groups is 1. The van der Waals surface area contributed by atoms with E-state index in [1.165, 1.54) is 18.4 Å². The number of rotatable bonds is 5. The van der Waals surface area contributed by atoms with Crippen LogP contribution in [0.1, 0.15) is 35.6 Å². The van der Waals surface area contributed by atoms with Crippen LogP contribution >= 0.6 is 0 Å². The lowest BCUT2D eigenvalue weighted by atomic mass is 9.97. The van der Waals surface area contributed by atoms with E-state index < -0.39 is 6.10 Å². The lowest BCUT2D eigenvalue weighted by Crippen LogP contribution is -2.52. The van der Waals surface area contributed by atoms with Crippen LogP contribution in [0.3, 0.4) is 0 Å². The third-order valence-electron chi connectivity index (χ3n) is 5.42. The molecule has 4 rings (SSSR count). The van der Waals surface area contributed by atoms with E-state index in [0.29, 0.717) is 19.2 Å². The lowest BCUT2D eigenvalue weighted by molar-refractivity contribution is -0.146. The highest BCUT2D eigenvalue weighted by Gasteiger charge is 2.43. The second kappa shape index (κ2) is 7.60. The van der Waals surface area contributed by atoms with Crippen molar-refractivity contribution in [3.05, 3.63) is 71.3 Å². The quantitative estimate of drug-likeness (QED) is 0.900. The van der Waals surface area contributed by atoms with Crippen molar-refractivity contribution in [1.82, 2.24) is 10.2 Å². The molecule has 136 valence electrons. The molecular weight excluding hydrogens is 324 g/mol. The zero-order valence-corrected chi connectivity index (χ0v) is 15.2. The highest BCUT2D eigenvalue weighted by atomic mass is 16.5. The minimum atomic E-state index is -0.462. The van der Waals surface area contributed by atoms with Crippen molar-refractivity contribution in [2.24, 2.45) is 0 Å². The highest BCUT2D eigenvalue weighted by Crippen LogP contribution is 2.38. The SMILES string of the molecule is Cc1ccccc1CNC(=O)C1OCCN(C2CC2)C1c1ccccc1. The van der Waals surface area contributed by atoms with E-state index >= 15 is 0 Å². The number of amides is 1. The Morgan fingerprint density at radius 2 is 1.85 bits per heavy atom. The number of benzene rings is 2. The number of hydrogen-bond acceptors (Lipinski definition) is 3. The molecule has 1 saturated heterocycles. The molecule has 0 radical (unpaired) electrons. The Labute approximate surface area is 155 Å². The predicted octanol–water partition coefficient (Wildman–Crippen LogP) is 3.22. The molecule has 2 aromatic carbocycles. The van der Waals surface area contributed by atoms with Crippen LogP contribution in [0.25, 0.3) is 0 Å². The Morgan fingerprint density at radius 1 is 1.12 bits per heavy atom. The fourth-order valence-electron chi connectivity index (χ4n) is 3.83. The first-order valence-electron chi connectivity index (χ1n) is 9.48. The largest absolute Gasteiger partial charge is 0.365 e. The van der Waals surface area contributed by atoms with Gasteiger partial charge in [0.2, 0.25) is 0 Å². The smallest absolute Gasteiger partial charge is 0.251 e. The van der Waals surface area contributed by atoms with Crippen LogP contribution in [0.2, 0.25) is 0 Å². The standard InChI is InChI=1S/C22H26N2O2/c1-16-7-5-6-10-18(16)15-23-22(25)21-20(17-8-3-2-4-9-17)24(13-14-26-21)19-11-12-19/h2-10,19-21H,11-15H2,1H3,(H,23,25). The molecule has 0 aromatic heterocycles. The van der Waals surface area contributed by atoms with E-state index in [1.807, 2.05) is 30.3 Å². The van der Waals surface area contributed by atoms with Crippen molar-refractivity contribution >= 4 is 5.91 Å². The van der Waals surface area contributed by atoms with Crippen molar-refractivity contribution in [2.45, 2.75) is 44.5 Å². The minimum absolute atomic E-state index is 0.00526. The van der Waals surface area contributed by atoms with Gasteiger partial charge in [-0.05, 0) is 36.5 Å². The molecule has 1 saturated carbocycles. The third kappa shape index (κ3) is 3.67. The first kappa shape index (κ1) is 17.3. The lowest BCUT2D eigenvalue weighted by Gasteiger charge is -2.41. The molecule has 2 fully saturated rings. The summed E-state index contributed by atoms with van der Waals surface area (Å²) in [6, 6.07) is 19.0. The van der Waals surface area contributed by atoms with Gasteiger partial charge >= 0.3 is 0 Å². The van der Waals surface area contributed by atoms with Gasteiger partial charge in [0.05, 0.1) is 12.6 Å². The topological polar surface area (TPSA) is 41.6 Å². The van der Waals surface area contributed by atoms with E-state index in [4.69, 9.17) is 4.74 Å². The monoisotopic (exact) mass is 350 g/mol. The van der Waals surface area contributed by atoms with Gasteiger partial charge < -0.3 is 10.1 Å². The third-order valence-corrected chi connectivity index (χ3v) is 5.42. The first-order valence-corrected chi connectivity index (χ1v) is 9.48. The number of carbonyl (C=O) groups excluding carboxylic acids is 1. The maximum absolute atomic E-state index is 13.0. The summed E-state index contributed by atoms with van der Waals surface area (Å²) in [6.07, 6.45) is 1.98. The molecule has 1 heterocycles. The fourth-order valence-corrected chi connectivity index (χ4v) is 3.83. The Bertz CT molecular complexity index is 758. The van der Waals surface area contributed by atoms with Crippen LogP contribution in [0.4, 0.5) is 0 Å². The molecule has 1 aliphatic carbocycles. The van der Waals surface area contributed by atoms with Crippen LogP contribution < -0.4 is 5.32 Å². The normalized spacial score (nSPS) is 23.6. The Kier molecular flexibility index (Phi) is 5.05. The van der Waals surface area contributed by atoms with Crippen LogP contribution in [0.5, 0.6) is 0 Å². The molecule has 26 heavy (non-hydrogen) atoms. The summed E-state index contributed by atoms with van der Waals surface area (Å²) in [5.41, 5.74) is 3.50. The molecular formula is C22H26N2O2. The fraction of sp³-hybridized carbons (Fsp3) is 0.409.